The molecule has 0 saturated heterocycles. The number of aromatic amines is 1. The summed E-state index contributed by atoms with van der Waals surface area (Å²) in [6.07, 6.45) is 0. The second-order valence-electron chi connectivity index (χ2n) is 5.21. The Kier molecular flexibility index (Phi) is 4.87. The minimum Gasteiger partial charge on any atom is -0.507 e. The number of nitrogens with zero attached hydrogens (tertiary/aromatic N) is 2. The van der Waals surface area contributed by atoms with Crippen LogP contribution in [-0.4, -0.2) is 27.7 Å². The molecule has 2 aromatic carbocycles. The van der Waals surface area contributed by atoms with Gasteiger partial charge in [-0.3, -0.25) is 0 Å². The molecule has 0 spiro atoms. The van der Waals surface area contributed by atoms with E-state index in [4.69, 9.17) is 16.3 Å². The fourth-order valence-electron chi connectivity index (χ4n) is 2.30. The number of esters is 1. The first kappa shape index (κ1) is 17.5. The van der Waals surface area contributed by atoms with Crippen LogP contribution in [0.1, 0.15) is 16.2 Å². The van der Waals surface area contributed by atoms with Crippen LogP contribution in [0.2, 0.25) is 5.02 Å². The molecule has 0 fully saturated rings. The number of halogens is 2. The number of hydrogen-bond donors (Lipinski definition) is 2. The van der Waals surface area contributed by atoms with Crippen LogP contribution in [0.4, 0.5) is 4.39 Å². The van der Waals surface area contributed by atoms with Crippen LogP contribution >= 0.6 is 11.6 Å². The molecule has 1 aromatic heterocycles. The van der Waals surface area contributed by atoms with Crippen molar-refractivity contribution in [2.75, 3.05) is 6.61 Å². The maximum absolute atomic E-state index is 13.7. The third-order valence-electron chi connectivity index (χ3n) is 3.53. The molecular formula is C18H11ClFN3O3. The van der Waals surface area contributed by atoms with Gasteiger partial charge >= 0.3 is 5.97 Å². The molecule has 0 atom stereocenters. The molecule has 3 rings (SSSR count). The Morgan fingerprint density at radius 3 is 2.77 bits per heavy atom. The van der Waals surface area contributed by atoms with Gasteiger partial charge < -0.3 is 14.8 Å². The molecule has 6 nitrogen and oxygen atoms in total. The Morgan fingerprint density at radius 2 is 2.08 bits per heavy atom. The standard InChI is InChI=1S/C18H11ClFN3O3/c19-11-4-3-5-12(20)16(11)18(25)26-9-15(24)10(8-21)17-22-13-6-1-2-7-14(13)23-17/h1-7,24H,9H2,(H,22,23). The average Bonchev–Trinajstić information content (AvgIpc) is 3.04. The summed E-state index contributed by atoms with van der Waals surface area (Å²) >= 11 is 5.79. The number of aliphatic hydroxyl groups is 1. The molecular weight excluding hydrogens is 361 g/mol. The average molecular weight is 372 g/mol. The van der Waals surface area contributed by atoms with Crippen LogP contribution < -0.4 is 0 Å². The number of aromatic nitrogens is 2. The monoisotopic (exact) mass is 371 g/mol. The largest absolute Gasteiger partial charge is 0.507 e. The summed E-state index contributed by atoms with van der Waals surface area (Å²) in [6, 6.07) is 12.6. The number of allylic oxidation sites excluding steroid dienone is 1. The van der Waals surface area contributed by atoms with Gasteiger partial charge in [0.05, 0.1) is 16.1 Å². The number of benzene rings is 2. The lowest BCUT2D eigenvalue weighted by Crippen LogP contribution is -2.11. The number of para-hydroxylation sites is 2. The van der Waals surface area contributed by atoms with Crippen molar-refractivity contribution in [3.05, 3.63) is 70.5 Å². The van der Waals surface area contributed by atoms with Gasteiger partial charge in [0.15, 0.2) is 11.6 Å². The molecule has 26 heavy (non-hydrogen) atoms. The Balaban J connectivity index is 1.83. The minimum absolute atomic E-state index is 0.115. The number of fused-ring (bicyclic) bond motifs is 1. The third-order valence-corrected chi connectivity index (χ3v) is 3.85. The van der Waals surface area contributed by atoms with Crippen LogP contribution in [0.15, 0.2) is 48.2 Å². The number of rotatable bonds is 4. The van der Waals surface area contributed by atoms with Crippen molar-refractivity contribution in [3.63, 3.8) is 0 Å². The van der Waals surface area contributed by atoms with E-state index in [1.807, 2.05) is 6.07 Å². The van der Waals surface area contributed by atoms with E-state index in [2.05, 4.69) is 9.97 Å². The van der Waals surface area contributed by atoms with Crippen molar-refractivity contribution >= 4 is 34.2 Å². The molecule has 3 aromatic rings. The number of hydrogen-bond acceptors (Lipinski definition) is 5. The highest BCUT2D eigenvalue weighted by Gasteiger charge is 2.19. The second kappa shape index (κ2) is 7.25. The summed E-state index contributed by atoms with van der Waals surface area (Å²) in [5.41, 5.74) is 0.661. The molecule has 130 valence electrons. The third kappa shape index (κ3) is 3.36. The van der Waals surface area contributed by atoms with E-state index < -0.39 is 29.7 Å². The quantitative estimate of drug-likeness (QED) is 0.410. The Labute approximate surface area is 152 Å². The van der Waals surface area contributed by atoms with E-state index in [1.54, 1.807) is 24.3 Å². The molecule has 0 radical (unpaired) electrons. The number of H-pyrrole nitrogens is 1. The lowest BCUT2D eigenvalue weighted by atomic mass is 10.2. The van der Waals surface area contributed by atoms with Gasteiger partial charge in [0, 0.05) is 0 Å². The van der Waals surface area contributed by atoms with Gasteiger partial charge in [-0.05, 0) is 24.3 Å². The summed E-state index contributed by atoms with van der Waals surface area (Å²) in [5, 5.41) is 19.3. The molecule has 0 amide bonds. The molecule has 8 heteroatoms. The predicted octanol–water partition coefficient (Wildman–Crippen LogP) is 4.01. The van der Waals surface area contributed by atoms with Gasteiger partial charge in [0.25, 0.3) is 0 Å². The number of nitrogens with one attached hydrogen (secondary N) is 1. The van der Waals surface area contributed by atoms with Gasteiger partial charge in [0.1, 0.15) is 29.6 Å². The van der Waals surface area contributed by atoms with E-state index in [9.17, 15) is 19.6 Å². The van der Waals surface area contributed by atoms with Gasteiger partial charge in [-0.15, -0.1) is 0 Å². The number of ether oxygens (including phenoxy) is 1. The first-order chi connectivity index (χ1) is 12.5. The van der Waals surface area contributed by atoms with Crippen molar-refractivity contribution in [2.45, 2.75) is 0 Å². The first-order valence-corrected chi connectivity index (χ1v) is 7.77. The number of carbonyl (C=O) groups excluding carboxylic acids is 1. The maximum Gasteiger partial charge on any atom is 0.343 e. The Bertz CT molecular complexity index is 1020. The smallest absolute Gasteiger partial charge is 0.343 e. The van der Waals surface area contributed by atoms with Crippen LogP contribution in [0.5, 0.6) is 0 Å². The highest BCUT2D eigenvalue weighted by atomic mass is 35.5. The van der Waals surface area contributed by atoms with Crippen molar-refractivity contribution in [2.24, 2.45) is 0 Å². The van der Waals surface area contributed by atoms with Crippen LogP contribution in [0.3, 0.4) is 0 Å². The van der Waals surface area contributed by atoms with Crippen LogP contribution in [-0.2, 0) is 4.74 Å². The summed E-state index contributed by atoms with van der Waals surface area (Å²) in [6.45, 7) is -0.635. The molecule has 0 saturated carbocycles. The Morgan fingerprint density at radius 1 is 1.31 bits per heavy atom. The topological polar surface area (TPSA) is 99.0 Å². The molecule has 0 aliphatic heterocycles. The maximum atomic E-state index is 13.7. The fraction of sp³-hybridized carbons (Fsp3) is 0.0556. The summed E-state index contributed by atoms with van der Waals surface area (Å²) in [7, 11) is 0. The van der Waals surface area contributed by atoms with Crippen LogP contribution in [0, 0.1) is 17.1 Å². The van der Waals surface area contributed by atoms with E-state index in [-0.39, 0.29) is 16.4 Å². The summed E-state index contributed by atoms with van der Waals surface area (Å²) in [5.74, 6) is -2.29. The van der Waals surface area contributed by atoms with Gasteiger partial charge in [-0.1, -0.05) is 29.8 Å². The molecule has 0 bridgehead atoms. The summed E-state index contributed by atoms with van der Waals surface area (Å²) in [4.78, 5) is 19.1. The fourth-order valence-corrected chi connectivity index (χ4v) is 2.54. The number of nitriles is 1. The van der Waals surface area contributed by atoms with Crippen molar-refractivity contribution in [3.8, 4) is 6.07 Å². The molecule has 0 unspecified atom stereocenters. The van der Waals surface area contributed by atoms with Crippen molar-refractivity contribution in [1.29, 1.82) is 5.26 Å². The van der Waals surface area contributed by atoms with Gasteiger partial charge in [-0.2, -0.15) is 5.26 Å². The highest BCUT2D eigenvalue weighted by Crippen LogP contribution is 2.21. The van der Waals surface area contributed by atoms with E-state index >= 15 is 0 Å². The normalized spacial score (nSPS) is 11.7. The molecule has 0 aliphatic carbocycles. The summed E-state index contributed by atoms with van der Waals surface area (Å²) < 4.78 is 18.6. The van der Waals surface area contributed by atoms with E-state index in [1.165, 1.54) is 12.1 Å². The number of carbonyl (C=O) groups is 1. The minimum atomic E-state index is -1.05. The zero-order valence-corrected chi connectivity index (χ0v) is 13.9. The second-order valence-corrected chi connectivity index (χ2v) is 5.62. The lowest BCUT2D eigenvalue weighted by molar-refractivity contribution is 0.0497. The van der Waals surface area contributed by atoms with Crippen molar-refractivity contribution < 1.29 is 19.0 Å². The first-order valence-electron chi connectivity index (χ1n) is 7.39. The van der Waals surface area contributed by atoms with Gasteiger partial charge in [-0.25, -0.2) is 14.2 Å². The lowest BCUT2D eigenvalue weighted by Gasteiger charge is -2.07. The van der Waals surface area contributed by atoms with Crippen molar-refractivity contribution in [1.82, 2.24) is 9.97 Å². The molecule has 1 heterocycles. The van der Waals surface area contributed by atoms with Gasteiger partial charge in [0.2, 0.25) is 0 Å². The zero-order chi connectivity index (χ0) is 18.7. The van der Waals surface area contributed by atoms with E-state index in [0.29, 0.717) is 11.0 Å². The molecule has 2 N–H and O–H groups in total. The number of imidazole rings is 1. The Hall–Kier alpha value is -3.37. The highest BCUT2D eigenvalue weighted by molar-refractivity contribution is 6.33. The molecule has 0 aliphatic rings. The predicted molar refractivity (Wildman–Crippen MR) is 92.9 cm³/mol. The number of aliphatic hydroxyl groups excluding tert-OH is 1. The SMILES string of the molecule is N#CC(=C(O)COC(=O)c1c(F)cccc1Cl)c1nc2ccccc2[nH]1. The van der Waals surface area contributed by atoms with Crippen LogP contribution in [0.25, 0.3) is 16.6 Å². The zero-order valence-electron chi connectivity index (χ0n) is 13.2. The van der Waals surface area contributed by atoms with E-state index in [0.717, 1.165) is 6.07 Å².